The van der Waals surface area contributed by atoms with E-state index in [0.717, 1.165) is 5.56 Å². The quantitative estimate of drug-likeness (QED) is 0.274. The van der Waals surface area contributed by atoms with E-state index in [2.05, 4.69) is 18.1 Å². The molecule has 0 saturated carbocycles. The maximum Gasteiger partial charge on any atom is 0.177 e. The Balaban J connectivity index is 0.000000292. The molecule has 76 valence electrons. The first kappa shape index (κ1) is 12.5. The highest BCUT2D eigenvalue weighted by Crippen LogP contribution is 1.97. The molecule has 4 nitrogen and oxygen atoms in total. The molecule has 0 atom stereocenters. The average molecular weight is 211 g/mol. The van der Waals surface area contributed by atoms with Crippen molar-refractivity contribution in [3.05, 3.63) is 35.9 Å². The normalized spacial score (nSPS) is 8.14. The number of nitrogens with two attached hydrogens (primary N) is 2. The molecule has 0 bridgehead atoms. The minimum atomic E-state index is 0.116. The third-order valence-electron chi connectivity index (χ3n) is 1.32. The van der Waals surface area contributed by atoms with Crippen LogP contribution in [-0.2, 0) is 0 Å². The minimum absolute atomic E-state index is 0.116. The molecule has 0 aliphatic rings. The third kappa shape index (κ3) is 6.10. The predicted octanol–water partition coefficient (Wildman–Crippen LogP) is 0.583. The van der Waals surface area contributed by atoms with Crippen molar-refractivity contribution in [2.75, 3.05) is 0 Å². The Kier molecular flexibility index (Phi) is 6.26. The largest absolute Gasteiger partial charge is 0.375 e. The summed E-state index contributed by atoms with van der Waals surface area (Å²) in [5.41, 5.74) is 7.60. The average Bonchev–Trinajstić information content (AvgIpc) is 2.20. The monoisotopic (exact) mass is 211 g/mol. The molecule has 0 saturated heterocycles. The van der Waals surface area contributed by atoms with Gasteiger partial charge in [0.2, 0.25) is 0 Å². The summed E-state index contributed by atoms with van der Waals surface area (Å²) >= 11 is 4.24. The molecule has 0 radical (unpaired) electrons. The summed E-state index contributed by atoms with van der Waals surface area (Å²) in [6, 6.07) is 9.23. The fourth-order valence-corrected chi connectivity index (χ4v) is 0.673. The van der Waals surface area contributed by atoms with Crippen LogP contribution in [0.3, 0.4) is 0 Å². The first-order chi connectivity index (χ1) is 6.57. The van der Waals surface area contributed by atoms with E-state index < -0.39 is 0 Å². The van der Waals surface area contributed by atoms with Crippen LogP contribution in [0.5, 0.6) is 0 Å². The molecule has 5 heteroatoms. The van der Waals surface area contributed by atoms with Crippen molar-refractivity contribution in [1.29, 1.82) is 0 Å². The first-order valence-corrected chi connectivity index (χ1v) is 4.30. The number of hydrogen-bond donors (Lipinski definition) is 3. The molecular weight excluding hydrogens is 198 g/mol. The first-order valence-electron chi connectivity index (χ1n) is 3.90. The van der Waals surface area contributed by atoms with Crippen LogP contribution in [0, 0.1) is 0 Å². The highest BCUT2D eigenvalue weighted by Gasteiger charge is 1.92. The van der Waals surface area contributed by atoms with Gasteiger partial charge in [-0.05, 0) is 19.1 Å². The number of hydrogen-bond acceptors (Lipinski definition) is 3. The summed E-state index contributed by atoms with van der Waals surface area (Å²) in [5.74, 6) is 4.78. The van der Waals surface area contributed by atoms with Crippen LogP contribution in [0.15, 0.2) is 30.3 Å². The Morgan fingerprint density at radius 2 is 1.79 bits per heavy atom. The standard InChI is InChI=1S/C8H8O.CH5N3S/c1-7(9)8-5-3-2-4-6-8;2-1(5)4-3/h2-6H,1H3;3H2,(H3,2,4,5). The number of carbonyl (C=O) groups is 1. The molecule has 0 fully saturated rings. The van der Waals surface area contributed by atoms with Gasteiger partial charge in [-0.2, -0.15) is 0 Å². The minimum Gasteiger partial charge on any atom is -0.375 e. The van der Waals surface area contributed by atoms with E-state index in [1.807, 2.05) is 35.8 Å². The maximum atomic E-state index is 10.6. The summed E-state index contributed by atoms with van der Waals surface area (Å²) in [6.45, 7) is 1.56. The molecule has 0 heterocycles. The van der Waals surface area contributed by atoms with Crippen molar-refractivity contribution in [2.45, 2.75) is 6.92 Å². The van der Waals surface area contributed by atoms with E-state index in [-0.39, 0.29) is 10.9 Å². The third-order valence-corrected chi connectivity index (χ3v) is 1.44. The lowest BCUT2D eigenvalue weighted by molar-refractivity contribution is 0.101. The summed E-state index contributed by atoms with van der Waals surface area (Å²) in [7, 11) is 0. The molecule has 1 aromatic rings. The Labute approximate surface area is 88.3 Å². The highest BCUT2D eigenvalue weighted by atomic mass is 32.1. The SMILES string of the molecule is CC(=O)c1ccccc1.NNC(N)=S. The van der Waals surface area contributed by atoms with Crippen LogP contribution in [0.2, 0.25) is 0 Å². The van der Waals surface area contributed by atoms with Gasteiger partial charge < -0.3 is 11.2 Å². The number of Topliss-reactive ketones (excluding diaryl/α,β-unsaturated/α-hetero) is 1. The topological polar surface area (TPSA) is 81.1 Å². The number of carbonyl (C=O) groups excluding carboxylic acids is 1. The molecule has 0 aliphatic carbocycles. The van der Waals surface area contributed by atoms with Gasteiger partial charge in [-0.1, -0.05) is 30.3 Å². The van der Waals surface area contributed by atoms with Gasteiger partial charge in [0, 0.05) is 5.56 Å². The Bertz CT molecular complexity index is 300. The highest BCUT2D eigenvalue weighted by molar-refractivity contribution is 7.80. The number of ketones is 1. The Hall–Kier alpha value is -1.46. The van der Waals surface area contributed by atoms with E-state index in [0.29, 0.717) is 0 Å². The molecule has 0 amide bonds. The van der Waals surface area contributed by atoms with E-state index in [4.69, 9.17) is 5.73 Å². The molecule has 1 aromatic carbocycles. The van der Waals surface area contributed by atoms with Gasteiger partial charge >= 0.3 is 0 Å². The van der Waals surface area contributed by atoms with Gasteiger partial charge in [0.1, 0.15) is 0 Å². The molecule has 0 aromatic heterocycles. The Morgan fingerprint density at radius 1 is 1.36 bits per heavy atom. The van der Waals surface area contributed by atoms with Gasteiger partial charge in [-0.25, -0.2) is 5.84 Å². The summed E-state index contributed by atoms with van der Waals surface area (Å²) in [4.78, 5) is 10.6. The molecular formula is C9H13N3OS. The van der Waals surface area contributed by atoms with Crippen molar-refractivity contribution in [2.24, 2.45) is 11.6 Å². The van der Waals surface area contributed by atoms with E-state index in [1.165, 1.54) is 0 Å². The van der Waals surface area contributed by atoms with Gasteiger partial charge in [0.05, 0.1) is 0 Å². The zero-order valence-electron chi connectivity index (χ0n) is 7.86. The van der Waals surface area contributed by atoms with Gasteiger partial charge in [0.15, 0.2) is 10.9 Å². The summed E-state index contributed by atoms with van der Waals surface area (Å²) in [5, 5.41) is 0.116. The van der Waals surface area contributed by atoms with Crippen molar-refractivity contribution in [1.82, 2.24) is 5.43 Å². The second kappa shape index (κ2) is 6.99. The fourth-order valence-electron chi connectivity index (χ4n) is 0.673. The van der Waals surface area contributed by atoms with Crippen molar-refractivity contribution >= 4 is 23.1 Å². The Morgan fingerprint density at radius 3 is 2.00 bits per heavy atom. The van der Waals surface area contributed by atoms with Crippen LogP contribution < -0.4 is 17.0 Å². The second-order valence-corrected chi connectivity index (χ2v) is 2.87. The molecule has 5 N–H and O–H groups in total. The summed E-state index contributed by atoms with van der Waals surface area (Å²) in [6.07, 6.45) is 0. The van der Waals surface area contributed by atoms with E-state index in [9.17, 15) is 4.79 Å². The second-order valence-electron chi connectivity index (χ2n) is 2.43. The molecule has 0 unspecified atom stereocenters. The molecule has 14 heavy (non-hydrogen) atoms. The lowest BCUT2D eigenvalue weighted by Crippen LogP contribution is -2.34. The number of hydrazine groups is 1. The molecule has 0 aliphatic heterocycles. The van der Waals surface area contributed by atoms with Gasteiger partial charge in [-0.3, -0.25) is 4.79 Å². The number of thiocarbonyl (C=S) groups is 1. The van der Waals surface area contributed by atoms with Gasteiger partial charge in [-0.15, -0.1) is 0 Å². The van der Waals surface area contributed by atoms with Crippen LogP contribution in [0.1, 0.15) is 17.3 Å². The zero-order chi connectivity index (χ0) is 11.0. The van der Waals surface area contributed by atoms with Crippen LogP contribution in [0.4, 0.5) is 0 Å². The summed E-state index contributed by atoms with van der Waals surface area (Å²) < 4.78 is 0. The van der Waals surface area contributed by atoms with Crippen LogP contribution >= 0.6 is 12.2 Å². The lowest BCUT2D eigenvalue weighted by Gasteiger charge is -1.89. The fraction of sp³-hybridized carbons (Fsp3) is 0.111. The predicted molar refractivity (Wildman–Crippen MR) is 60.6 cm³/mol. The number of nitrogens with one attached hydrogen (secondary N) is 1. The maximum absolute atomic E-state index is 10.6. The van der Waals surface area contributed by atoms with E-state index in [1.54, 1.807) is 6.92 Å². The number of benzene rings is 1. The zero-order valence-corrected chi connectivity index (χ0v) is 8.67. The smallest absolute Gasteiger partial charge is 0.177 e. The lowest BCUT2D eigenvalue weighted by atomic mass is 10.2. The van der Waals surface area contributed by atoms with Crippen molar-refractivity contribution < 1.29 is 4.79 Å². The van der Waals surface area contributed by atoms with Crippen molar-refractivity contribution in [3.63, 3.8) is 0 Å². The number of rotatable bonds is 1. The van der Waals surface area contributed by atoms with E-state index >= 15 is 0 Å². The van der Waals surface area contributed by atoms with Crippen LogP contribution in [0.25, 0.3) is 0 Å². The van der Waals surface area contributed by atoms with Gasteiger partial charge in [0.25, 0.3) is 0 Å². The van der Waals surface area contributed by atoms with Crippen molar-refractivity contribution in [3.8, 4) is 0 Å². The molecule has 0 spiro atoms. The molecule has 1 rings (SSSR count). The van der Waals surface area contributed by atoms with Crippen LogP contribution in [-0.4, -0.2) is 10.9 Å².